The Bertz CT molecular complexity index is 879. The Morgan fingerprint density at radius 2 is 2.04 bits per heavy atom. The molecule has 1 saturated heterocycles. The van der Waals surface area contributed by atoms with Crippen molar-refractivity contribution in [2.45, 2.75) is 38.9 Å². The molecule has 1 aromatic heterocycles. The van der Waals surface area contributed by atoms with E-state index in [-0.39, 0.29) is 17.1 Å². The first-order valence-electron chi connectivity index (χ1n) is 8.26. The molecule has 0 spiro atoms. The van der Waals surface area contributed by atoms with Crippen LogP contribution in [0.5, 0.6) is 0 Å². The molecule has 1 fully saturated rings. The van der Waals surface area contributed by atoms with Crippen LogP contribution in [0.15, 0.2) is 22.7 Å². The number of likely N-dealkylation sites (tertiary alicyclic amines) is 1. The predicted octanol–water partition coefficient (Wildman–Crippen LogP) is 3.33. The van der Waals surface area contributed by atoms with Gasteiger partial charge in [0.25, 0.3) is 5.91 Å². The van der Waals surface area contributed by atoms with Crippen LogP contribution in [0, 0.1) is 6.92 Å². The van der Waals surface area contributed by atoms with Gasteiger partial charge < -0.3 is 14.7 Å². The number of hydrogen-bond donors (Lipinski definition) is 1. The second-order valence-corrected chi connectivity index (χ2v) is 6.31. The lowest BCUT2D eigenvalue weighted by molar-refractivity contribution is -0.137. The standard InChI is InChI=1S/C17H17F3N4O3/c1-9-21-15(27-23-9)14-4-3-5-24(14)16(26)11-6-12(17(18,19)20)8-13(7-11)22-10(2)25/h6-8,14H,3-5H2,1-2H3,(H,22,25). The Morgan fingerprint density at radius 1 is 1.30 bits per heavy atom. The van der Waals surface area contributed by atoms with Gasteiger partial charge in [-0.15, -0.1) is 0 Å². The molecule has 1 unspecified atom stereocenters. The van der Waals surface area contributed by atoms with Gasteiger partial charge in [-0.05, 0) is 38.0 Å². The zero-order chi connectivity index (χ0) is 19.8. The Hall–Kier alpha value is -2.91. The Labute approximate surface area is 152 Å². The van der Waals surface area contributed by atoms with Gasteiger partial charge >= 0.3 is 6.18 Å². The topological polar surface area (TPSA) is 88.3 Å². The number of rotatable bonds is 3. The summed E-state index contributed by atoms with van der Waals surface area (Å²) in [4.78, 5) is 29.7. The monoisotopic (exact) mass is 382 g/mol. The minimum Gasteiger partial charge on any atom is -0.337 e. The van der Waals surface area contributed by atoms with Crippen molar-refractivity contribution in [2.24, 2.45) is 0 Å². The highest BCUT2D eigenvalue weighted by atomic mass is 19.4. The van der Waals surface area contributed by atoms with Gasteiger partial charge in [0.2, 0.25) is 11.8 Å². The summed E-state index contributed by atoms with van der Waals surface area (Å²) in [7, 11) is 0. The number of alkyl halides is 3. The minimum absolute atomic E-state index is 0.0925. The summed E-state index contributed by atoms with van der Waals surface area (Å²) in [5.41, 5.74) is -1.27. The number of halogens is 3. The number of benzene rings is 1. The zero-order valence-corrected chi connectivity index (χ0v) is 14.6. The number of hydrogen-bond acceptors (Lipinski definition) is 5. The predicted molar refractivity (Wildman–Crippen MR) is 87.8 cm³/mol. The van der Waals surface area contributed by atoms with Gasteiger partial charge in [0.05, 0.1) is 5.56 Å². The van der Waals surface area contributed by atoms with Crippen molar-refractivity contribution in [1.29, 1.82) is 0 Å². The number of carbonyl (C=O) groups is 2. The summed E-state index contributed by atoms with van der Waals surface area (Å²) in [6.07, 6.45) is -3.42. The molecule has 7 nitrogen and oxygen atoms in total. The lowest BCUT2D eigenvalue weighted by atomic mass is 10.1. The van der Waals surface area contributed by atoms with E-state index in [1.807, 2.05) is 0 Å². The van der Waals surface area contributed by atoms with E-state index >= 15 is 0 Å². The minimum atomic E-state index is -4.66. The van der Waals surface area contributed by atoms with Gasteiger partial charge in [-0.25, -0.2) is 0 Å². The summed E-state index contributed by atoms with van der Waals surface area (Å²) >= 11 is 0. The lowest BCUT2D eigenvalue weighted by Crippen LogP contribution is -2.31. The highest BCUT2D eigenvalue weighted by Gasteiger charge is 2.36. The van der Waals surface area contributed by atoms with Crippen molar-refractivity contribution < 1.29 is 27.3 Å². The normalized spacial score (nSPS) is 17.2. The van der Waals surface area contributed by atoms with E-state index in [0.717, 1.165) is 12.1 Å². The Morgan fingerprint density at radius 3 is 2.63 bits per heavy atom. The van der Waals surface area contributed by atoms with Crippen molar-refractivity contribution in [3.63, 3.8) is 0 Å². The number of nitrogens with one attached hydrogen (secondary N) is 1. The number of anilines is 1. The molecule has 2 heterocycles. The van der Waals surface area contributed by atoms with Crippen LogP contribution in [0.25, 0.3) is 0 Å². The second-order valence-electron chi connectivity index (χ2n) is 6.31. The molecule has 1 aliphatic rings. The smallest absolute Gasteiger partial charge is 0.337 e. The van der Waals surface area contributed by atoms with Gasteiger partial charge in [0.1, 0.15) is 6.04 Å². The number of aromatic nitrogens is 2. The van der Waals surface area contributed by atoms with Crippen LogP contribution in [-0.4, -0.2) is 33.4 Å². The maximum atomic E-state index is 13.2. The van der Waals surface area contributed by atoms with Crippen LogP contribution in [0.1, 0.15) is 53.4 Å². The van der Waals surface area contributed by atoms with E-state index in [1.54, 1.807) is 6.92 Å². The molecule has 1 N–H and O–H groups in total. The average molecular weight is 382 g/mol. The van der Waals surface area contributed by atoms with Crippen LogP contribution < -0.4 is 5.32 Å². The summed E-state index contributed by atoms with van der Waals surface area (Å²) < 4.78 is 44.7. The third kappa shape index (κ3) is 4.09. The van der Waals surface area contributed by atoms with Crippen molar-refractivity contribution >= 4 is 17.5 Å². The largest absolute Gasteiger partial charge is 0.416 e. The molecule has 1 atom stereocenters. The van der Waals surface area contributed by atoms with Gasteiger partial charge in [-0.1, -0.05) is 5.16 Å². The zero-order valence-electron chi connectivity index (χ0n) is 14.6. The van der Waals surface area contributed by atoms with Gasteiger partial charge in [-0.3, -0.25) is 9.59 Å². The van der Waals surface area contributed by atoms with Gasteiger partial charge in [0, 0.05) is 24.7 Å². The van der Waals surface area contributed by atoms with Crippen LogP contribution in [0.4, 0.5) is 18.9 Å². The summed E-state index contributed by atoms with van der Waals surface area (Å²) in [6.45, 7) is 3.17. The average Bonchev–Trinajstić information content (AvgIpc) is 3.20. The molecule has 2 aromatic rings. The van der Waals surface area contributed by atoms with Crippen LogP contribution in [-0.2, 0) is 11.0 Å². The second kappa shape index (κ2) is 7.01. The van der Waals surface area contributed by atoms with Gasteiger partial charge in [-0.2, -0.15) is 18.2 Å². The highest BCUT2D eigenvalue weighted by Crippen LogP contribution is 2.35. The van der Waals surface area contributed by atoms with Crippen molar-refractivity contribution in [3.05, 3.63) is 41.0 Å². The fraction of sp³-hybridized carbons (Fsp3) is 0.412. The van der Waals surface area contributed by atoms with E-state index in [2.05, 4.69) is 15.5 Å². The molecule has 0 bridgehead atoms. The number of nitrogens with zero attached hydrogens (tertiary/aromatic N) is 3. The Kier molecular flexibility index (Phi) is 4.90. The first-order chi connectivity index (χ1) is 12.6. The fourth-order valence-corrected chi connectivity index (χ4v) is 3.07. The summed E-state index contributed by atoms with van der Waals surface area (Å²) in [5, 5.41) is 6.00. The molecular formula is C17H17F3N4O3. The molecule has 0 saturated carbocycles. The number of carbonyl (C=O) groups excluding carboxylic acids is 2. The van der Waals surface area contributed by atoms with E-state index in [1.165, 1.54) is 17.9 Å². The maximum absolute atomic E-state index is 13.2. The third-order valence-electron chi connectivity index (χ3n) is 4.17. The molecule has 0 radical (unpaired) electrons. The summed E-state index contributed by atoms with van der Waals surface area (Å²) in [5.74, 6) is -0.456. The van der Waals surface area contributed by atoms with Gasteiger partial charge in [0.15, 0.2) is 5.82 Å². The highest BCUT2D eigenvalue weighted by molar-refractivity contribution is 5.97. The molecule has 144 valence electrons. The van der Waals surface area contributed by atoms with Crippen molar-refractivity contribution in [1.82, 2.24) is 15.0 Å². The molecule has 2 amide bonds. The van der Waals surface area contributed by atoms with Crippen molar-refractivity contribution in [2.75, 3.05) is 11.9 Å². The summed E-state index contributed by atoms with van der Waals surface area (Å²) in [6, 6.07) is 2.31. The lowest BCUT2D eigenvalue weighted by Gasteiger charge is -2.23. The van der Waals surface area contributed by atoms with Crippen LogP contribution in [0.2, 0.25) is 0 Å². The maximum Gasteiger partial charge on any atom is 0.416 e. The Balaban J connectivity index is 1.96. The molecule has 10 heteroatoms. The first kappa shape index (κ1) is 18.9. The molecule has 27 heavy (non-hydrogen) atoms. The van der Waals surface area contributed by atoms with E-state index < -0.39 is 29.6 Å². The van der Waals surface area contributed by atoms with E-state index in [9.17, 15) is 22.8 Å². The first-order valence-corrected chi connectivity index (χ1v) is 8.26. The third-order valence-corrected chi connectivity index (χ3v) is 4.17. The SMILES string of the molecule is CC(=O)Nc1cc(C(=O)N2CCCC2c2nc(C)no2)cc(C(F)(F)F)c1. The number of amides is 2. The molecular weight excluding hydrogens is 365 g/mol. The van der Waals surface area contributed by atoms with Crippen LogP contribution >= 0.6 is 0 Å². The fourth-order valence-electron chi connectivity index (χ4n) is 3.07. The molecule has 1 aliphatic heterocycles. The van der Waals surface area contributed by atoms with Crippen LogP contribution in [0.3, 0.4) is 0 Å². The van der Waals surface area contributed by atoms with Crippen molar-refractivity contribution in [3.8, 4) is 0 Å². The molecule has 0 aliphatic carbocycles. The van der Waals surface area contributed by atoms with E-state index in [4.69, 9.17) is 4.52 Å². The van der Waals surface area contributed by atoms with E-state index in [0.29, 0.717) is 25.2 Å². The number of aryl methyl sites for hydroxylation is 1. The molecule has 3 rings (SSSR count). The molecule has 1 aromatic carbocycles. The quantitative estimate of drug-likeness (QED) is 0.880.